The molecule has 0 aliphatic carbocycles. The SMILES string of the molecule is CCOc1ccc(NC(=NC)NCc2cnn(Cc3ccccc3)c2)cc1OC.I. The summed E-state index contributed by atoms with van der Waals surface area (Å²) in [5, 5.41) is 11.0. The first-order valence-corrected chi connectivity index (χ1v) is 9.55. The summed E-state index contributed by atoms with van der Waals surface area (Å²) in [5.74, 6) is 2.05. The Labute approximate surface area is 194 Å². The average molecular weight is 521 g/mol. The normalized spacial score (nSPS) is 10.8. The first-order valence-electron chi connectivity index (χ1n) is 9.55. The van der Waals surface area contributed by atoms with Crippen LogP contribution >= 0.6 is 24.0 Å². The Bertz CT molecular complexity index is 944. The van der Waals surface area contributed by atoms with Gasteiger partial charge in [0.2, 0.25) is 0 Å². The topological polar surface area (TPSA) is 72.7 Å². The van der Waals surface area contributed by atoms with Gasteiger partial charge in [-0.2, -0.15) is 5.10 Å². The molecule has 0 saturated heterocycles. The van der Waals surface area contributed by atoms with E-state index in [0.717, 1.165) is 17.8 Å². The lowest BCUT2D eigenvalue weighted by molar-refractivity contribution is 0.311. The van der Waals surface area contributed by atoms with Gasteiger partial charge < -0.3 is 20.1 Å². The van der Waals surface area contributed by atoms with Crippen LogP contribution in [0.5, 0.6) is 11.5 Å². The fourth-order valence-electron chi connectivity index (χ4n) is 2.88. The van der Waals surface area contributed by atoms with Crippen molar-refractivity contribution in [2.75, 3.05) is 26.1 Å². The molecule has 3 aromatic rings. The molecule has 0 amide bonds. The molecular weight excluding hydrogens is 493 g/mol. The van der Waals surface area contributed by atoms with Crippen LogP contribution in [0.15, 0.2) is 65.9 Å². The molecule has 7 nitrogen and oxygen atoms in total. The maximum Gasteiger partial charge on any atom is 0.195 e. The Morgan fingerprint density at radius 1 is 1.10 bits per heavy atom. The van der Waals surface area contributed by atoms with Gasteiger partial charge in [-0.1, -0.05) is 30.3 Å². The minimum atomic E-state index is 0. The summed E-state index contributed by atoms with van der Waals surface area (Å²) >= 11 is 0. The number of rotatable bonds is 8. The van der Waals surface area contributed by atoms with Gasteiger partial charge in [0, 0.05) is 37.1 Å². The van der Waals surface area contributed by atoms with Crippen molar-refractivity contribution in [3.63, 3.8) is 0 Å². The third-order valence-electron chi connectivity index (χ3n) is 4.28. The number of guanidine groups is 1. The Balaban J connectivity index is 0.00000320. The number of nitrogens with one attached hydrogen (secondary N) is 2. The Morgan fingerprint density at radius 3 is 2.60 bits per heavy atom. The molecule has 1 heterocycles. The number of aromatic nitrogens is 2. The predicted octanol–water partition coefficient (Wildman–Crippen LogP) is 4.14. The van der Waals surface area contributed by atoms with Crippen LogP contribution in [0.1, 0.15) is 18.1 Å². The highest BCUT2D eigenvalue weighted by Gasteiger charge is 2.07. The lowest BCUT2D eigenvalue weighted by Crippen LogP contribution is -2.30. The number of hydrogen-bond donors (Lipinski definition) is 2. The van der Waals surface area contributed by atoms with E-state index in [1.54, 1.807) is 14.2 Å². The summed E-state index contributed by atoms with van der Waals surface area (Å²) in [6.07, 6.45) is 3.90. The summed E-state index contributed by atoms with van der Waals surface area (Å²) in [7, 11) is 3.36. The maximum atomic E-state index is 5.56. The largest absolute Gasteiger partial charge is 0.493 e. The molecule has 0 unspecified atom stereocenters. The Kier molecular flexibility index (Phi) is 9.46. The van der Waals surface area contributed by atoms with Crippen molar-refractivity contribution < 1.29 is 9.47 Å². The van der Waals surface area contributed by atoms with Crippen molar-refractivity contribution in [1.82, 2.24) is 15.1 Å². The van der Waals surface area contributed by atoms with Gasteiger partial charge >= 0.3 is 0 Å². The zero-order chi connectivity index (χ0) is 20.5. The summed E-state index contributed by atoms with van der Waals surface area (Å²) in [6, 6.07) is 16.0. The van der Waals surface area contributed by atoms with Gasteiger partial charge in [-0.3, -0.25) is 9.67 Å². The van der Waals surface area contributed by atoms with Crippen LogP contribution in [0.4, 0.5) is 5.69 Å². The second-order valence-electron chi connectivity index (χ2n) is 6.38. The smallest absolute Gasteiger partial charge is 0.195 e. The van der Waals surface area contributed by atoms with Crippen LogP contribution in [-0.2, 0) is 13.1 Å². The lowest BCUT2D eigenvalue weighted by atomic mass is 10.2. The number of halogens is 1. The number of aliphatic imine (C=N–C) groups is 1. The van der Waals surface area contributed by atoms with E-state index in [2.05, 4.69) is 32.9 Å². The minimum Gasteiger partial charge on any atom is -0.493 e. The molecule has 0 radical (unpaired) electrons. The molecule has 0 atom stereocenters. The molecule has 1 aromatic heterocycles. The molecule has 160 valence electrons. The maximum absolute atomic E-state index is 5.56. The van der Waals surface area contributed by atoms with Gasteiger partial charge in [0.15, 0.2) is 17.5 Å². The molecule has 2 aromatic carbocycles. The standard InChI is InChI=1S/C22H27N5O2.HI/c1-4-29-20-11-10-19(12-21(20)28-3)26-22(23-2)24-13-18-14-25-27(16-18)15-17-8-6-5-7-9-17;/h5-12,14,16H,4,13,15H2,1-3H3,(H2,23,24,26);1H. The van der Waals surface area contributed by atoms with Gasteiger partial charge in [-0.15, -0.1) is 24.0 Å². The highest BCUT2D eigenvalue weighted by Crippen LogP contribution is 2.30. The molecular formula is C22H28IN5O2. The van der Waals surface area contributed by atoms with Crippen molar-refractivity contribution in [3.05, 3.63) is 72.1 Å². The van der Waals surface area contributed by atoms with Gasteiger partial charge in [0.25, 0.3) is 0 Å². The van der Waals surface area contributed by atoms with Crippen molar-refractivity contribution in [1.29, 1.82) is 0 Å². The summed E-state index contributed by atoms with van der Waals surface area (Å²) in [4.78, 5) is 4.28. The zero-order valence-electron chi connectivity index (χ0n) is 17.5. The molecule has 0 aliphatic rings. The van der Waals surface area contributed by atoms with Crippen LogP contribution < -0.4 is 20.1 Å². The van der Waals surface area contributed by atoms with Crippen LogP contribution in [0.3, 0.4) is 0 Å². The van der Waals surface area contributed by atoms with E-state index < -0.39 is 0 Å². The third kappa shape index (κ3) is 6.65. The van der Waals surface area contributed by atoms with Crippen molar-refractivity contribution in [2.24, 2.45) is 4.99 Å². The fourth-order valence-corrected chi connectivity index (χ4v) is 2.88. The predicted molar refractivity (Wildman–Crippen MR) is 131 cm³/mol. The molecule has 3 rings (SSSR count). The number of benzene rings is 2. The first-order chi connectivity index (χ1) is 14.2. The molecule has 0 saturated carbocycles. The Morgan fingerprint density at radius 2 is 1.90 bits per heavy atom. The number of hydrogen-bond acceptors (Lipinski definition) is 4. The van der Waals surface area contributed by atoms with Crippen molar-refractivity contribution >= 4 is 35.6 Å². The highest BCUT2D eigenvalue weighted by molar-refractivity contribution is 14.0. The molecule has 0 spiro atoms. The van der Waals surface area contributed by atoms with E-state index in [-0.39, 0.29) is 24.0 Å². The van der Waals surface area contributed by atoms with Crippen LogP contribution in [0.25, 0.3) is 0 Å². The van der Waals surface area contributed by atoms with E-state index in [4.69, 9.17) is 9.47 Å². The number of nitrogens with zero attached hydrogens (tertiary/aromatic N) is 3. The fraction of sp³-hybridized carbons (Fsp3) is 0.273. The van der Waals surface area contributed by atoms with Gasteiger partial charge in [-0.05, 0) is 24.6 Å². The first kappa shape index (κ1) is 23.5. The monoisotopic (exact) mass is 521 g/mol. The summed E-state index contributed by atoms with van der Waals surface area (Å²) in [5.41, 5.74) is 3.16. The van der Waals surface area contributed by atoms with Crippen LogP contribution in [0, 0.1) is 0 Å². The van der Waals surface area contributed by atoms with Crippen molar-refractivity contribution in [2.45, 2.75) is 20.0 Å². The molecule has 8 heteroatoms. The van der Waals surface area contributed by atoms with Crippen LogP contribution in [-0.4, -0.2) is 36.5 Å². The van der Waals surface area contributed by atoms with Gasteiger partial charge in [0.1, 0.15) is 0 Å². The molecule has 0 bridgehead atoms. The quantitative estimate of drug-likeness (QED) is 0.265. The minimum absolute atomic E-state index is 0. The summed E-state index contributed by atoms with van der Waals surface area (Å²) in [6.45, 7) is 3.89. The Hall–Kier alpha value is -2.75. The number of methoxy groups -OCH3 is 1. The van der Waals surface area contributed by atoms with E-state index in [1.807, 2.05) is 60.4 Å². The zero-order valence-corrected chi connectivity index (χ0v) is 19.8. The number of ether oxygens (including phenoxy) is 2. The molecule has 0 fully saturated rings. The van der Waals surface area contributed by atoms with Crippen molar-refractivity contribution in [3.8, 4) is 11.5 Å². The second-order valence-corrected chi connectivity index (χ2v) is 6.38. The highest BCUT2D eigenvalue weighted by atomic mass is 127. The summed E-state index contributed by atoms with van der Waals surface area (Å²) < 4.78 is 12.9. The second kappa shape index (κ2) is 12.1. The number of anilines is 1. The average Bonchev–Trinajstić information content (AvgIpc) is 3.20. The van der Waals surface area contributed by atoms with E-state index in [0.29, 0.717) is 30.6 Å². The molecule has 2 N–H and O–H groups in total. The van der Waals surface area contributed by atoms with Crippen LogP contribution in [0.2, 0.25) is 0 Å². The van der Waals surface area contributed by atoms with E-state index in [1.165, 1.54) is 5.56 Å². The van der Waals surface area contributed by atoms with Gasteiger partial charge in [-0.25, -0.2) is 0 Å². The lowest BCUT2D eigenvalue weighted by Gasteiger charge is -2.14. The van der Waals surface area contributed by atoms with Gasteiger partial charge in [0.05, 0.1) is 26.5 Å². The molecule has 0 aliphatic heterocycles. The van der Waals surface area contributed by atoms with E-state index in [9.17, 15) is 0 Å². The third-order valence-corrected chi connectivity index (χ3v) is 4.28. The molecule has 30 heavy (non-hydrogen) atoms. The van der Waals surface area contributed by atoms with E-state index >= 15 is 0 Å².